The predicted octanol–water partition coefficient (Wildman–Crippen LogP) is 4.16. The number of anilines is 1. The summed E-state index contributed by atoms with van der Waals surface area (Å²) in [4.78, 5) is 11.4. The van der Waals surface area contributed by atoms with Gasteiger partial charge in [0.2, 0.25) is 5.72 Å². The van der Waals surface area contributed by atoms with Gasteiger partial charge in [-0.3, -0.25) is 4.99 Å². The third-order valence-electron chi connectivity index (χ3n) is 5.75. The number of nitrogens with zero attached hydrogens (tertiary/aromatic N) is 3. The average Bonchev–Trinajstić information content (AvgIpc) is 2.80. The molecule has 0 aliphatic carbocycles. The summed E-state index contributed by atoms with van der Waals surface area (Å²) in [7, 11) is 1.99. The summed E-state index contributed by atoms with van der Waals surface area (Å²) in [5, 5.41) is 11.8. The second-order valence-corrected chi connectivity index (χ2v) is 7.43. The summed E-state index contributed by atoms with van der Waals surface area (Å²) in [5.74, 6) is 1.83. The smallest absolute Gasteiger partial charge is 0.229 e. The fourth-order valence-electron chi connectivity index (χ4n) is 4.20. The molecule has 5 rings (SSSR count). The minimum Gasteiger partial charge on any atom is -0.508 e. The lowest BCUT2D eigenvalue weighted by Gasteiger charge is -2.44. The van der Waals surface area contributed by atoms with E-state index < -0.39 is 5.72 Å². The van der Waals surface area contributed by atoms with Crippen LogP contribution < -0.4 is 9.64 Å². The summed E-state index contributed by atoms with van der Waals surface area (Å²) >= 11 is 0. The van der Waals surface area contributed by atoms with E-state index in [1.54, 1.807) is 18.3 Å². The first-order chi connectivity index (χ1) is 12.4. The molecule has 3 aromatic rings. The predicted molar refractivity (Wildman–Crippen MR) is 103 cm³/mol. The highest BCUT2D eigenvalue weighted by Crippen LogP contribution is 2.53. The summed E-state index contributed by atoms with van der Waals surface area (Å²) in [6.45, 7) is 4.31. The van der Waals surface area contributed by atoms with Crippen LogP contribution in [0.15, 0.2) is 53.7 Å². The SMILES string of the molecule is CN1c2ncccc2C(C)(C)C12C=Nc1c(ccc3ccc(O)cc13)O2. The van der Waals surface area contributed by atoms with Crippen LogP contribution in [0.2, 0.25) is 0 Å². The normalized spacial score (nSPS) is 22.3. The van der Waals surface area contributed by atoms with Gasteiger partial charge < -0.3 is 14.7 Å². The van der Waals surface area contributed by atoms with Crippen LogP contribution in [0, 0.1) is 0 Å². The maximum absolute atomic E-state index is 9.87. The van der Waals surface area contributed by atoms with Crippen LogP contribution >= 0.6 is 0 Å². The van der Waals surface area contributed by atoms with Crippen LogP contribution in [0.5, 0.6) is 11.5 Å². The molecule has 130 valence electrons. The molecule has 1 aromatic heterocycles. The summed E-state index contributed by atoms with van der Waals surface area (Å²) < 4.78 is 6.59. The number of aromatic nitrogens is 1. The van der Waals surface area contributed by atoms with Crippen LogP contribution in [-0.4, -0.2) is 29.1 Å². The lowest BCUT2D eigenvalue weighted by molar-refractivity contribution is 0.0825. The molecule has 5 heteroatoms. The molecule has 1 atom stereocenters. The highest BCUT2D eigenvalue weighted by Gasteiger charge is 2.59. The molecule has 1 spiro atoms. The zero-order valence-electron chi connectivity index (χ0n) is 14.9. The number of phenolic OH excluding ortho intramolecular Hbond substituents is 1. The van der Waals surface area contributed by atoms with Crippen LogP contribution in [0.1, 0.15) is 19.4 Å². The van der Waals surface area contributed by atoms with E-state index in [4.69, 9.17) is 9.73 Å². The number of pyridine rings is 1. The van der Waals surface area contributed by atoms with Gasteiger partial charge in [-0.15, -0.1) is 0 Å². The zero-order chi connectivity index (χ0) is 18.1. The van der Waals surface area contributed by atoms with E-state index in [-0.39, 0.29) is 11.2 Å². The van der Waals surface area contributed by atoms with E-state index in [0.29, 0.717) is 5.75 Å². The first kappa shape index (κ1) is 15.2. The quantitative estimate of drug-likeness (QED) is 0.665. The number of rotatable bonds is 0. The van der Waals surface area contributed by atoms with Crippen molar-refractivity contribution in [3.63, 3.8) is 0 Å². The summed E-state index contributed by atoms with van der Waals surface area (Å²) in [6, 6.07) is 13.3. The Bertz CT molecular complexity index is 1090. The Labute approximate surface area is 151 Å². The van der Waals surface area contributed by atoms with Crippen LogP contribution in [0.3, 0.4) is 0 Å². The molecular weight excluding hydrogens is 326 g/mol. The second kappa shape index (κ2) is 4.75. The molecule has 0 saturated heterocycles. The van der Waals surface area contributed by atoms with E-state index >= 15 is 0 Å². The van der Waals surface area contributed by atoms with Gasteiger partial charge in [0.05, 0.1) is 11.6 Å². The molecule has 2 aliphatic heterocycles. The summed E-state index contributed by atoms with van der Waals surface area (Å²) in [5.41, 5.74) is 0.801. The van der Waals surface area contributed by atoms with Crippen molar-refractivity contribution in [1.82, 2.24) is 4.98 Å². The summed E-state index contributed by atoms with van der Waals surface area (Å²) in [6.07, 6.45) is 3.68. The molecule has 2 aliphatic rings. The van der Waals surface area contributed by atoms with Crippen LogP contribution in [-0.2, 0) is 5.41 Å². The first-order valence-electron chi connectivity index (χ1n) is 8.63. The van der Waals surface area contributed by atoms with Gasteiger partial charge in [-0.25, -0.2) is 4.98 Å². The Hall–Kier alpha value is -3.08. The number of hydrogen-bond donors (Lipinski definition) is 1. The molecule has 5 nitrogen and oxygen atoms in total. The van der Waals surface area contributed by atoms with Crippen molar-refractivity contribution in [1.29, 1.82) is 0 Å². The highest BCUT2D eigenvalue weighted by atomic mass is 16.5. The van der Waals surface area contributed by atoms with E-state index in [1.165, 1.54) is 0 Å². The average molecular weight is 345 g/mol. The van der Waals surface area contributed by atoms with Gasteiger partial charge in [0.25, 0.3) is 0 Å². The molecule has 0 amide bonds. The standard InChI is InChI=1S/C21H19N3O2/c1-20(2)16-5-4-10-22-19(16)24(3)21(20)12-23-18-15-11-14(25)8-6-13(15)7-9-17(18)26-21/h4-12,25H,1-3H3. The Morgan fingerprint density at radius 1 is 1.12 bits per heavy atom. The number of hydrogen-bond acceptors (Lipinski definition) is 5. The molecule has 0 fully saturated rings. The maximum Gasteiger partial charge on any atom is 0.229 e. The lowest BCUT2D eigenvalue weighted by Crippen LogP contribution is -2.61. The van der Waals surface area contributed by atoms with Crippen molar-refractivity contribution < 1.29 is 9.84 Å². The molecule has 3 heterocycles. The van der Waals surface area contributed by atoms with E-state index in [2.05, 4.69) is 29.8 Å². The molecular formula is C21H19N3O2. The molecule has 0 radical (unpaired) electrons. The number of aliphatic imine (C=N–C) groups is 1. The Kier molecular flexibility index (Phi) is 2.78. The molecule has 0 saturated carbocycles. The Morgan fingerprint density at radius 3 is 2.73 bits per heavy atom. The van der Waals surface area contributed by atoms with Gasteiger partial charge in [0.15, 0.2) is 0 Å². The topological polar surface area (TPSA) is 58.0 Å². The zero-order valence-corrected chi connectivity index (χ0v) is 14.9. The van der Waals surface area contributed by atoms with Gasteiger partial charge in [0, 0.05) is 24.2 Å². The van der Waals surface area contributed by atoms with Crippen molar-refractivity contribution in [2.75, 3.05) is 11.9 Å². The largest absolute Gasteiger partial charge is 0.508 e. The molecule has 26 heavy (non-hydrogen) atoms. The number of benzene rings is 2. The lowest BCUT2D eigenvalue weighted by atomic mass is 9.78. The van der Waals surface area contributed by atoms with Gasteiger partial charge >= 0.3 is 0 Å². The van der Waals surface area contributed by atoms with Gasteiger partial charge in [-0.2, -0.15) is 0 Å². The number of aromatic hydroxyl groups is 1. The number of ether oxygens (including phenoxy) is 1. The number of fused-ring (bicyclic) bond motifs is 4. The molecule has 2 aromatic carbocycles. The van der Waals surface area contributed by atoms with Gasteiger partial charge in [0.1, 0.15) is 23.0 Å². The Morgan fingerprint density at radius 2 is 1.92 bits per heavy atom. The first-order valence-corrected chi connectivity index (χ1v) is 8.63. The van der Waals surface area contributed by atoms with Crippen molar-refractivity contribution in [2.24, 2.45) is 4.99 Å². The fourth-order valence-corrected chi connectivity index (χ4v) is 4.20. The van der Waals surface area contributed by atoms with Crippen molar-refractivity contribution in [2.45, 2.75) is 25.0 Å². The van der Waals surface area contributed by atoms with Gasteiger partial charge in [-0.05, 0) is 43.5 Å². The van der Waals surface area contributed by atoms with Crippen molar-refractivity contribution in [3.8, 4) is 11.5 Å². The highest BCUT2D eigenvalue weighted by molar-refractivity contribution is 6.00. The third-order valence-corrected chi connectivity index (χ3v) is 5.75. The van der Waals surface area contributed by atoms with Crippen molar-refractivity contribution >= 4 is 28.5 Å². The van der Waals surface area contributed by atoms with E-state index in [1.807, 2.05) is 37.5 Å². The van der Waals surface area contributed by atoms with E-state index in [9.17, 15) is 5.11 Å². The van der Waals surface area contributed by atoms with Crippen LogP contribution in [0.4, 0.5) is 11.5 Å². The molecule has 1 unspecified atom stereocenters. The minimum atomic E-state index is -0.749. The fraction of sp³-hybridized carbons (Fsp3) is 0.238. The maximum atomic E-state index is 9.87. The van der Waals surface area contributed by atoms with E-state index in [0.717, 1.165) is 27.8 Å². The minimum absolute atomic E-state index is 0.219. The number of phenols is 1. The van der Waals surface area contributed by atoms with Crippen LogP contribution in [0.25, 0.3) is 10.8 Å². The number of likely N-dealkylation sites (N-methyl/N-ethyl adjacent to an activating group) is 1. The Balaban J connectivity index is 1.72. The van der Waals surface area contributed by atoms with Crippen molar-refractivity contribution in [3.05, 3.63) is 54.2 Å². The molecule has 0 bridgehead atoms. The monoisotopic (exact) mass is 345 g/mol. The molecule has 1 N–H and O–H groups in total. The second-order valence-electron chi connectivity index (χ2n) is 7.43. The van der Waals surface area contributed by atoms with Gasteiger partial charge in [-0.1, -0.05) is 18.2 Å². The third kappa shape index (κ3) is 1.70.